The summed E-state index contributed by atoms with van der Waals surface area (Å²) in [7, 11) is 0. The zero-order chi connectivity index (χ0) is 13.7. The van der Waals surface area contributed by atoms with E-state index < -0.39 is 0 Å². The van der Waals surface area contributed by atoms with Gasteiger partial charge in [0.05, 0.1) is 27.8 Å². The van der Waals surface area contributed by atoms with Crippen LogP contribution in [0.15, 0.2) is 27.3 Å². The average molecular weight is 313 g/mol. The van der Waals surface area contributed by atoms with E-state index in [1.54, 1.807) is 18.4 Å². The summed E-state index contributed by atoms with van der Waals surface area (Å²) >= 11 is 3.36. The van der Waals surface area contributed by atoms with Crippen LogP contribution in [0, 0.1) is 0 Å². The molecule has 0 radical (unpaired) electrons. The summed E-state index contributed by atoms with van der Waals surface area (Å²) in [5.74, 6) is 0.581. The number of carbonyl (C=O) groups is 1. The Balaban J connectivity index is 0.000000771. The Morgan fingerprint density at radius 1 is 1.39 bits per heavy atom. The molecule has 0 unspecified atom stereocenters. The Morgan fingerprint density at radius 3 is 2.61 bits per heavy atom. The van der Waals surface area contributed by atoms with Gasteiger partial charge in [-0.2, -0.15) is 0 Å². The zero-order valence-electron chi connectivity index (χ0n) is 11.0. The fourth-order valence-corrected chi connectivity index (χ4v) is 2.10. The summed E-state index contributed by atoms with van der Waals surface area (Å²) in [6.45, 7) is 7.84. The molecule has 98 valence electrons. The van der Waals surface area contributed by atoms with Crippen LogP contribution in [0.2, 0.25) is 0 Å². The summed E-state index contributed by atoms with van der Waals surface area (Å²) in [6.07, 6.45) is 2.38. The maximum absolute atomic E-state index is 11.0. The van der Waals surface area contributed by atoms with Crippen molar-refractivity contribution in [3.63, 3.8) is 0 Å². The quantitative estimate of drug-likeness (QED) is 0.763. The van der Waals surface area contributed by atoms with Gasteiger partial charge < -0.3 is 9.15 Å². The molecule has 0 bridgehead atoms. The van der Waals surface area contributed by atoms with E-state index in [1.807, 2.05) is 27.7 Å². The molecule has 0 fully saturated rings. The van der Waals surface area contributed by atoms with Crippen molar-refractivity contribution < 1.29 is 13.9 Å². The smallest absolute Gasteiger partial charge is 0.153 e. The highest BCUT2D eigenvalue weighted by molar-refractivity contribution is 9.10. The number of benzene rings is 1. The van der Waals surface area contributed by atoms with Crippen molar-refractivity contribution in [3.8, 4) is 5.75 Å². The van der Waals surface area contributed by atoms with Gasteiger partial charge in [-0.15, -0.1) is 0 Å². The Morgan fingerprint density at radius 2 is 2.06 bits per heavy atom. The number of carbonyl (C=O) groups excluding carboxylic acids is 1. The number of halogens is 1. The highest BCUT2D eigenvalue weighted by atomic mass is 79.9. The highest BCUT2D eigenvalue weighted by Crippen LogP contribution is 2.35. The summed E-state index contributed by atoms with van der Waals surface area (Å²) < 4.78 is 11.7. The van der Waals surface area contributed by atoms with Crippen LogP contribution >= 0.6 is 15.9 Å². The second kappa shape index (κ2) is 6.59. The van der Waals surface area contributed by atoms with Crippen LogP contribution in [-0.4, -0.2) is 12.4 Å². The van der Waals surface area contributed by atoms with E-state index in [4.69, 9.17) is 9.15 Å². The molecule has 2 rings (SSSR count). The van der Waals surface area contributed by atoms with Gasteiger partial charge in [0, 0.05) is 0 Å². The van der Waals surface area contributed by atoms with E-state index in [1.165, 1.54) is 0 Å². The van der Waals surface area contributed by atoms with Crippen molar-refractivity contribution in [1.82, 2.24) is 0 Å². The maximum atomic E-state index is 11.0. The van der Waals surface area contributed by atoms with Gasteiger partial charge in [-0.25, -0.2) is 0 Å². The van der Waals surface area contributed by atoms with Crippen molar-refractivity contribution in [1.29, 1.82) is 0 Å². The molecule has 1 aromatic carbocycles. The van der Waals surface area contributed by atoms with Crippen molar-refractivity contribution >= 4 is 33.2 Å². The summed E-state index contributed by atoms with van der Waals surface area (Å²) in [5.41, 5.74) is 1.22. The summed E-state index contributed by atoms with van der Waals surface area (Å²) in [5, 5.41) is 0.810. The number of hydrogen-bond donors (Lipinski definition) is 0. The predicted molar refractivity (Wildman–Crippen MR) is 76.4 cm³/mol. The van der Waals surface area contributed by atoms with E-state index in [9.17, 15) is 4.79 Å². The van der Waals surface area contributed by atoms with Gasteiger partial charge >= 0.3 is 0 Å². The number of fused-ring (bicyclic) bond motifs is 1. The molecule has 0 spiro atoms. The first-order valence-corrected chi connectivity index (χ1v) is 6.74. The van der Waals surface area contributed by atoms with Gasteiger partial charge in [0.1, 0.15) is 5.75 Å². The van der Waals surface area contributed by atoms with Crippen LogP contribution in [-0.2, 0) is 0 Å². The molecule has 0 aliphatic carbocycles. The van der Waals surface area contributed by atoms with Crippen molar-refractivity contribution in [2.24, 2.45) is 0 Å². The molecule has 0 saturated carbocycles. The lowest BCUT2D eigenvalue weighted by molar-refractivity contribution is 0.111. The Kier molecular flexibility index (Phi) is 5.41. The van der Waals surface area contributed by atoms with Gasteiger partial charge in [-0.1, -0.05) is 13.8 Å². The molecule has 2 aromatic rings. The second-order valence-electron chi connectivity index (χ2n) is 3.72. The highest BCUT2D eigenvalue weighted by Gasteiger charge is 2.15. The van der Waals surface area contributed by atoms with Gasteiger partial charge in [0.25, 0.3) is 0 Å². The monoisotopic (exact) mass is 312 g/mol. The average Bonchev–Trinajstić information content (AvgIpc) is 2.84. The van der Waals surface area contributed by atoms with Crippen LogP contribution in [0.25, 0.3) is 11.0 Å². The Hall–Kier alpha value is -1.29. The lowest BCUT2D eigenvalue weighted by Crippen LogP contribution is -2.07. The molecule has 1 heterocycles. The molecule has 18 heavy (non-hydrogen) atoms. The molecule has 3 nitrogen and oxygen atoms in total. The van der Waals surface area contributed by atoms with E-state index in [2.05, 4.69) is 15.9 Å². The summed E-state index contributed by atoms with van der Waals surface area (Å²) in [6, 6.07) is 3.50. The molecule has 0 amide bonds. The lowest BCUT2D eigenvalue weighted by Gasteiger charge is -2.13. The number of aldehydes is 1. The van der Waals surface area contributed by atoms with Crippen LogP contribution in [0.4, 0.5) is 0 Å². The minimum Gasteiger partial charge on any atom is -0.489 e. The van der Waals surface area contributed by atoms with E-state index in [0.29, 0.717) is 16.9 Å². The number of rotatable bonds is 3. The fraction of sp³-hybridized carbons (Fsp3) is 0.357. The number of ether oxygens (including phenoxy) is 1. The molecular weight excluding hydrogens is 296 g/mol. The number of furan rings is 1. The molecule has 0 aliphatic rings. The largest absolute Gasteiger partial charge is 0.489 e. The minimum absolute atomic E-state index is 0.0120. The Bertz CT molecular complexity index is 529. The van der Waals surface area contributed by atoms with Crippen LogP contribution in [0.5, 0.6) is 5.75 Å². The molecule has 4 heteroatoms. The molecular formula is C14H17BrO3. The van der Waals surface area contributed by atoms with E-state index in [0.717, 1.165) is 16.1 Å². The molecule has 1 aromatic heterocycles. The molecule has 0 N–H and O–H groups in total. The molecule has 0 saturated heterocycles. The third kappa shape index (κ3) is 2.93. The number of hydrogen-bond acceptors (Lipinski definition) is 3. The van der Waals surface area contributed by atoms with Gasteiger partial charge in [0.15, 0.2) is 11.9 Å². The first-order valence-electron chi connectivity index (χ1n) is 5.95. The fourth-order valence-electron chi connectivity index (χ4n) is 1.55. The molecule has 0 atom stereocenters. The first-order chi connectivity index (χ1) is 8.63. The standard InChI is InChI=1S/C12H11BrO3.C2H6/c1-7(2)16-11-8(6-14)5-10(13)12-9(11)3-4-15-12;1-2/h3-7H,1-2H3;1-2H3. The molecule has 0 aliphatic heterocycles. The van der Waals surface area contributed by atoms with Crippen molar-refractivity contribution in [2.75, 3.05) is 0 Å². The third-order valence-electron chi connectivity index (χ3n) is 2.15. The van der Waals surface area contributed by atoms with E-state index in [-0.39, 0.29) is 6.10 Å². The first kappa shape index (κ1) is 14.8. The minimum atomic E-state index is 0.0120. The van der Waals surface area contributed by atoms with Crippen molar-refractivity contribution in [3.05, 3.63) is 28.4 Å². The van der Waals surface area contributed by atoms with Crippen LogP contribution in [0.1, 0.15) is 38.1 Å². The maximum Gasteiger partial charge on any atom is 0.153 e. The SMILES string of the molecule is CC.CC(C)Oc1c(C=O)cc(Br)c2occc12. The van der Waals surface area contributed by atoms with Crippen molar-refractivity contribution in [2.45, 2.75) is 33.8 Å². The topological polar surface area (TPSA) is 39.4 Å². The summed E-state index contributed by atoms with van der Waals surface area (Å²) in [4.78, 5) is 11.0. The van der Waals surface area contributed by atoms with Crippen LogP contribution in [0.3, 0.4) is 0 Å². The van der Waals surface area contributed by atoms with Gasteiger partial charge in [-0.05, 0) is 41.9 Å². The zero-order valence-corrected chi connectivity index (χ0v) is 12.6. The predicted octanol–water partition coefficient (Wildman–Crippen LogP) is 4.82. The second-order valence-corrected chi connectivity index (χ2v) is 4.58. The van der Waals surface area contributed by atoms with Gasteiger partial charge in [-0.3, -0.25) is 4.79 Å². The van der Waals surface area contributed by atoms with Gasteiger partial charge in [0.2, 0.25) is 0 Å². The van der Waals surface area contributed by atoms with E-state index >= 15 is 0 Å². The van der Waals surface area contributed by atoms with Crippen LogP contribution < -0.4 is 4.74 Å². The third-order valence-corrected chi connectivity index (χ3v) is 2.74. The Labute approximate surface area is 115 Å². The lowest BCUT2D eigenvalue weighted by atomic mass is 10.1. The normalized spacial score (nSPS) is 10.1.